The molecule has 1 nitrogen and oxygen atoms in total. The molecule has 1 aromatic carbocycles. The highest BCUT2D eigenvalue weighted by Gasteiger charge is 1.92. The van der Waals surface area contributed by atoms with E-state index < -0.39 is 0 Å². The number of benzene rings is 1. The molecule has 0 aliphatic carbocycles. The molecule has 0 fully saturated rings. The lowest BCUT2D eigenvalue weighted by Gasteiger charge is -2.02. The van der Waals surface area contributed by atoms with Crippen molar-refractivity contribution in [3.05, 3.63) is 42.0 Å². The van der Waals surface area contributed by atoms with Crippen LogP contribution >= 0.6 is 11.8 Å². The van der Waals surface area contributed by atoms with Gasteiger partial charge in [0, 0.05) is 11.8 Å². The predicted molar refractivity (Wildman–Crippen MR) is 71.1 cm³/mol. The quantitative estimate of drug-likeness (QED) is 0.747. The highest BCUT2D eigenvalue weighted by Crippen LogP contribution is 2.06. The molecule has 2 heteroatoms. The minimum atomic E-state index is 0.329. The lowest BCUT2D eigenvalue weighted by molar-refractivity contribution is 0.721. The van der Waals surface area contributed by atoms with E-state index in [0.717, 1.165) is 17.9 Å². The number of nitrogens with two attached hydrogens (primary N) is 1. The highest BCUT2D eigenvalue weighted by molar-refractivity contribution is 7.99. The molecule has 0 amide bonds. The van der Waals surface area contributed by atoms with Crippen molar-refractivity contribution in [1.29, 1.82) is 0 Å². The van der Waals surface area contributed by atoms with Gasteiger partial charge in [-0.3, -0.25) is 0 Å². The monoisotopic (exact) mass is 221 g/mol. The molecule has 0 radical (unpaired) electrons. The number of hydrogen-bond acceptors (Lipinski definition) is 2. The van der Waals surface area contributed by atoms with Crippen molar-refractivity contribution in [2.24, 2.45) is 5.73 Å². The lowest BCUT2D eigenvalue weighted by Crippen LogP contribution is -2.15. The second-order valence-electron chi connectivity index (χ2n) is 3.65. The first-order valence-electron chi connectivity index (χ1n) is 5.34. The standard InChI is InChI=1S/C13H19NS/c1-12(14)9-11-15-10-5-8-13-6-3-2-4-7-13/h2-8,12H,9-11,14H2,1H3. The van der Waals surface area contributed by atoms with Crippen molar-refractivity contribution >= 4 is 17.8 Å². The Kier molecular flexibility index (Phi) is 6.21. The molecule has 1 rings (SSSR count). The Morgan fingerprint density at radius 2 is 2.07 bits per heavy atom. The average molecular weight is 221 g/mol. The maximum atomic E-state index is 5.67. The molecule has 0 heterocycles. The Bertz CT molecular complexity index is 280. The SMILES string of the molecule is CC(N)CCSCC=Cc1ccccc1. The van der Waals surface area contributed by atoms with Crippen LogP contribution in [0.5, 0.6) is 0 Å². The summed E-state index contributed by atoms with van der Waals surface area (Å²) in [6.45, 7) is 2.06. The highest BCUT2D eigenvalue weighted by atomic mass is 32.2. The van der Waals surface area contributed by atoms with E-state index in [9.17, 15) is 0 Å². The Labute approximate surface area is 96.8 Å². The molecule has 82 valence electrons. The third-order valence-electron chi connectivity index (χ3n) is 2.04. The van der Waals surface area contributed by atoms with Crippen molar-refractivity contribution in [3.8, 4) is 0 Å². The Balaban J connectivity index is 2.12. The molecule has 1 atom stereocenters. The third-order valence-corrected chi connectivity index (χ3v) is 2.99. The molecule has 0 saturated heterocycles. The van der Waals surface area contributed by atoms with Gasteiger partial charge < -0.3 is 5.73 Å². The summed E-state index contributed by atoms with van der Waals surface area (Å²) in [7, 11) is 0. The van der Waals surface area contributed by atoms with Crippen LogP contribution in [0.25, 0.3) is 6.08 Å². The van der Waals surface area contributed by atoms with Crippen LogP contribution in [-0.4, -0.2) is 17.5 Å². The van der Waals surface area contributed by atoms with Gasteiger partial charge in [-0.05, 0) is 24.7 Å². The van der Waals surface area contributed by atoms with Gasteiger partial charge in [0.05, 0.1) is 0 Å². The summed E-state index contributed by atoms with van der Waals surface area (Å²) in [4.78, 5) is 0. The maximum Gasteiger partial charge on any atom is 0.0116 e. The predicted octanol–water partition coefficient (Wildman–Crippen LogP) is 3.17. The zero-order valence-electron chi connectivity index (χ0n) is 9.23. The molecule has 1 unspecified atom stereocenters. The van der Waals surface area contributed by atoms with Crippen molar-refractivity contribution in [2.75, 3.05) is 11.5 Å². The molecule has 15 heavy (non-hydrogen) atoms. The molecule has 0 aromatic heterocycles. The van der Waals surface area contributed by atoms with Gasteiger partial charge in [0.25, 0.3) is 0 Å². The van der Waals surface area contributed by atoms with Gasteiger partial charge in [0.1, 0.15) is 0 Å². The van der Waals surface area contributed by atoms with Crippen LogP contribution in [0.3, 0.4) is 0 Å². The molecule has 0 saturated carbocycles. The van der Waals surface area contributed by atoms with E-state index in [0.29, 0.717) is 6.04 Å². The molecule has 0 aliphatic rings. The van der Waals surface area contributed by atoms with Gasteiger partial charge in [-0.15, -0.1) is 0 Å². The fourth-order valence-corrected chi connectivity index (χ4v) is 2.11. The van der Waals surface area contributed by atoms with Gasteiger partial charge in [-0.2, -0.15) is 11.8 Å². The Morgan fingerprint density at radius 1 is 1.33 bits per heavy atom. The topological polar surface area (TPSA) is 26.0 Å². The van der Waals surface area contributed by atoms with E-state index in [2.05, 4.69) is 43.3 Å². The van der Waals surface area contributed by atoms with Gasteiger partial charge in [-0.25, -0.2) is 0 Å². The van der Waals surface area contributed by atoms with Crippen LogP contribution < -0.4 is 5.73 Å². The van der Waals surface area contributed by atoms with Crippen molar-refractivity contribution < 1.29 is 0 Å². The Hall–Kier alpha value is -0.730. The van der Waals surface area contributed by atoms with Crippen LogP contribution in [0.1, 0.15) is 18.9 Å². The summed E-state index contributed by atoms with van der Waals surface area (Å²) in [5, 5.41) is 0. The van der Waals surface area contributed by atoms with E-state index in [1.165, 1.54) is 5.56 Å². The van der Waals surface area contributed by atoms with Crippen LogP contribution in [0.15, 0.2) is 36.4 Å². The summed E-state index contributed by atoms with van der Waals surface area (Å²) >= 11 is 1.93. The van der Waals surface area contributed by atoms with E-state index in [1.54, 1.807) is 0 Å². The average Bonchev–Trinajstić information content (AvgIpc) is 2.24. The summed E-state index contributed by atoms with van der Waals surface area (Å²) in [5.74, 6) is 2.22. The smallest absolute Gasteiger partial charge is 0.0116 e. The van der Waals surface area contributed by atoms with E-state index >= 15 is 0 Å². The fraction of sp³-hybridized carbons (Fsp3) is 0.385. The fourth-order valence-electron chi connectivity index (χ4n) is 1.17. The van der Waals surface area contributed by atoms with Crippen LogP contribution in [0.2, 0.25) is 0 Å². The maximum absolute atomic E-state index is 5.67. The number of thioether (sulfide) groups is 1. The first-order chi connectivity index (χ1) is 7.29. The number of rotatable bonds is 6. The molecule has 1 aromatic rings. The Morgan fingerprint density at radius 3 is 2.73 bits per heavy atom. The summed E-state index contributed by atoms with van der Waals surface area (Å²) < 4.78 is 0. The van der Waals surface area contributed by atoms with E-state index in [-0.39, 0.29) is 0 Å². The largest absolute Gasteiger partial charge is 0.328 e. The summed E-state index contributed by atoms with van der Waals surface area (Å²) in [6.07, 6.45) is 5.48. The minimum absolute atomic E-state index is 0.329. The van der Waals surface area contributed by atoms with Gasteiger partial charge >= 0.3 is 0 Å². The third kappa shape index (κ3) is 6.37. The van der Waals surface area contributed by atoms with Crippen molar-refractivity contribution in [3.63, 3.8) is 0 Å². The lowest BCUT2D eigenvalue weighted by atomic mass is 10.2. The minimum Gasteiger partial charge on any atom is -0.328 e. The summed E-state index contributed by atoms with van der Waals surface area (Å²) in [5.41, 5.74) is 6.94. The molecule has 2 N–H and O–H groups in total. The zero-order chi connectivity index (χ0) is 10.9. The van der Waals surface area contributed by atoms with Crippen LogP contribution in [0, 0.1) is 0 Å². The van der Waals surface area contributed by atoms with Crippen molar-refractivity contribution in [2.45, 2.75) is 19.4 Å². The van der Waals surface area contributed by atoms with E-state index in [4.69, 9.17) is 5.73 Å². The normalized spacial score (nSPS) is 13.2. The van der Waals surface area contributed by atoms with Crippen LogP contribution in [-0.2, 0) is 0 Å². The van der Waals surface area contributed by atoms with E-state index in [1.807, 2.05) is 17.8 Å². The second kappa shape index (κ2) is 7.55. The summed E-state index contributed by atoms with van der Waals surface area (Å²) in [6, 6.07) is 10.7. The molecular formula is C13H19NS. The van der Waals surface area contributed by atoms with Gasteiger partial charge in [-0.1, -0.05) is 42.5 Å². The zero-order valence-corrected chi connectivity index (χ0v) is 10.0. The van der Waals surface area contributed by atoms with Gasteiger partial charge in [0.2, 0.25) is 0 Å². The second-order valence-corrected chi connectivity index (χ2v) is 4.80. The van der Waals surface area contributed by atoms with Gasteiger partial charge in [0.15, 0.2) is 0 Å². The molecule has 0 aliphatic heterocycles. The first-order valence-corrected chi connectivity index (χ1v) is 6.49. The molecule has 0 bridgehead atoms. The van der Waals surface area contributed by atoms with Crippen LogP contribution in [0.4, 0.5) is 0 Å². The first kappa shape index (κ1) is 12.3. The molecular weight excluding hydrogens is 202 g/mol. The molecule has 0 spiro atoms. The number of hydrogen-bond donors (Lipinski definition) is 1. The van der Waals surface area contributed by atoms with Crippen molar-refractivity contribution in [1.82, 2.24) is 0 Å².